The number of nitrogens with zero attached hydrogens (tertiary/aromatic N) is 3. The van der Waals surface area contributed by atoms with Crippen molar-refractivity contribution >= 4 is 11.6 Å². The van der Waals surface area contributed by atoms with Crippen LogP contribution in [0.3, 0.4) is 0 Å². The Bertz CT molecular complexity index is 528. The minimum atomic E-state index is -0.845. The zero-order valence-electron chi connectivity index (χ0n) is 11.2. The van der Waals surface area contributed by atoms with Crippen molar-refractivity contribution < 1.29 is 14.1 Å². The summed E-state index contributed by atoms with van der Waals surface area (Å²) in [6.07, 6.45) is 0. The number of hydrogen-bond acceptors (Lipinski definition) is 4. The third-order valence-electron chi connectivity index (χ3n) is 3.50. The van der Waals surface area contributed by atoms with Crippen LogP contribution < -0.4 is 0 Å². The highest BCUT2D eigenvalue weighted by atomic mass is 19.1. The van der Waals surface area contributed by atoms with Crippen LogP contribution in [0, 0.1) is 15.9 Å². The Morgan fingerprint density at radius 2 is 2.00 bits per heavy atom. The van der Waals surface area contributed by atoms with Crippen LogP contribution in [0.4, 0.5) is 10.1 Å². The highest BCUT2D eigenvalue weighted by Gasteiger charge is 2.24. The normalized spacial score (nSPS) is 16.2. The van der Waals surface area contributed by atoms with Crippen molar-refractivity contribution in [3.05, 3.63) is 39.7 Å². The SMILES string of the molecule is CCN1CCN(C(=O)c2ccc([N+](=O)[O-])cc2F)CC1. The van der Waals surface area contributed by atoms with Gasteiger partial charge < -0.3 is 9.80 Å². The number of nitro benzene ring substituents is 1. The van der Waals surface area contributed by atoms with E-state index in [-0.39, 0.29) is 11.3 Å². The molecule has 20 heavy (non-hydrogen) atoms. The number of halogens is 1. The van der Waals surface area contributed by atoms with Crippen LogP contribution in [0.1, 0.15) is 17.3 Å². The van der Waals surface area contributed by atoms with Crippen LogP contribution in [-0.2, 0) is 0 Å². The summed E-state index contributed by atoms with van der Waals surface area (Å²) in [5.41, 5.74) is -0.463. The lowest BCUT2D eigenvalue weighted by Gasteiger charge is -2.34. The first-order valence-electron chi connectivity index (χ1n) is 6.48. The summed E-state index contributed by atoms with van der Waals surface area (Å²) in [5, 5.41) is 10.5. The summed E-state index contributed by atoms with van der Waals surface area (Å²) < 4.78 is 13.8. The van der Waals surface area contributed by atoms with Gasteiger partial charge >= 0.3 is 0 Å². The Morgan fingerprint density at radius 1 is 1.35 bits per heavy atom. The molecule has 0 unspecified atom stereocenters. The van der Waals surface area contributed by atoms with Crippen molar-refractivity contribution in [2.24, 2.45) is 0 Å². The largest absolute Gasteiger partial charge is 0.336 e. The van der Waals surface area contributed by atoms with Crippen molar-refractivity contribution in [2.75, 3.05) is 32.7 Å². The van der Waals surface area contributed by atoms with Crippen molar-refractivity contribution in [3.8, 4) is 0 Å². The predicted octanol–water partition coefficient (Wildman–Crippen LogP) is 1.51. The summed E-state index contributed by atoms with van der Waals surface area (Å²) in [4.78, 5) is 25.8. The van der Waals surface area contributed by atoms with Crippen molar-refractivity contribution in [1.29, 1.82) is 0 Å². The van der Waals surface area contributed by atoms with E-state index in [9.17, 15) is 19.3 Å². The summed E-state index contributed by atoms with van der Waals surface area (Å²) in [5.74, 6) is -1.25. The lowest BCUT2D eigenvalue weighted by atomic mass is 10.1. The van der Waals surface area contributed by atoms with Gasteiger partial charge in [-0.15, -0.1) is 0 Å². The molecule has 1 fully saturated rings. The molecule has 0 bridgehead atoms. The lowest BCUT2D eigenvalue weighted by molar-refractivity contribution is -0.385. The van der Waals surface area contributed by atoms with Gasteiger partial charge in [-0.05, 0) is 12.6 Å². The van der Waals surface area contributed by atoms with Gasteiger partial charge in [0.05, 0.1) is 16.6 Å². The Hall–Kier alpha value is -2.02. The molecule has 0 spiro atoms. The van der Waals surface area contributed by atoms with Gasteiger partial charge in [-0.1, -0.05) is 6.92 Å². The van der Waals surface area contributed by atoms with Crippen LogP contribution in [0.2, 0.25) is 0 Å². The van der Waals surface area contributed by atoms with Gasteiger partial charge in [-0.3, -0.25) is 14.9 Å². The number of carbonyl (C=O) groups excluding carboxylic acids is 1. The van der Waals surface area contributed by atoms with Crippen molar-refractivity contribution in [1.82, 2.24) is 9.80 Å². The third-order valence-corrected chi connectivity index (χ3v) is 3.50. The fourth-order valence-corrected chi connectivity index (χ4v) is 2.23. The smallest absolute Gasteiger partial charge is 0.272 e. The molecular formula is C13H16FN3O3. The molecule has 1 aromatic rings. The second kappa shape index (κ2) is 5.96. The van der Waals surface area contributed by atoms with Crippen LogP contribution in [-0.4, -0.2) is 53.4 Å². The number of benzene rings is 1. The Kier molecular flexibility index (Phi) is 4.29. The maximum absolute atomic E-state index is 13.8. The van der Waals surface area contributed by atoms with E-state index < -0.39 is 16.6 Å². The number of amides is 1. The Labute approximate surface area is 115 Å². The molecule has 108 valence electrons. The molecule has 1 aliphatic rings. The van der Waals surface area contributed by atoms with E-state index in [1.54, 1.807) is 4.90 Å². The maximum atomic E-state index is 13.8. The third kappa shape index (κ3) is 2.93. The highest BCUT2D eigenvalue weighted by Crippen LogP contribution is 2.18. The fraction of sp³-hybridized carbons (Fsp3) is 0.462. The topological polar surface area (TPSA) is 66.7 Å². The number of piperazine rings is 1. The molecule has 7 heteroatoms. The summed E-state index contributed by atoms with van der Waals surface area (Å²) in [6.45, 7) is 5.58. The molecule has 0 radical (unpaired) electrons. The molecular weight excluding hydrogens is 265 g/mol. The van der Waals surface area contributed by atoms with Gasteiger partial charge in [-0.2, -0.15) is 0 Å². The molecule has 1 heterocycles. The molecule has 1 aromatic carbocycles. The Morgan fingerprint density at radius 3 is 2.50 bits per heavy atom. The van der Waals surface area contributed by atoms with Crippen LogP contribution in [0.15, 0.2) is 18.2 Å². The van der Waals surface area contributed by atoms with E-state index in [1.165, 1.54) is 6.07 Å². The predicted molar refractivity (Wildman–Crippen MR) is 71.1 cm³/mol. The summed E-state index contributed by atoms with van der Waals surface area (Å²) in [7, 11) is 0. The van der Waals surface area contributed by atoms with Crippen LogP contribution in [0.5, 0.6) is 0 Å². The molecule has 0 aliphatic carbocycles. The van der Waals surface area contributed by atoms with Crippen molar-refractivity contribution in [2.45, 2.75) is 6.92 Å². The van der Waals surface area contributed by atoms with Gasteiger partial charge in [0.2, 0.25) is 0 Å². The number of non-ortho nitro benzene ring substituents is 1. The molecule has 2 rings (SSSR count). The minimum absolute atomic E-state index is 0.111. The molecule has 0 atom stereocenters. The number of carbonyl (C=O) groups is 1. The second-order valence-electron chi connectivity index (χ2n) is 4.65. The molecule has 0 N–H and O–H groups in total. The standard InChI is InChI=1S/C13H16FN3O3/c1-2-15-5-7-16(8-6-15)13(18)11-4-3-10(17(19)20)9-12(11)14/h3-4,9H,2,5-8H2,1H3. The average molecular weight is 281 g/mol. The molecule has 0 aromatic heterocycles. The van der Waals surface area contributed by atoms with Gasteiger partial charge in [0.15, 0.2) is 0 Å². The molecule has 6 nitrogen and oxygen atoms in total. The summed E-state index contributed by atoms with van der Waals surface area (Å²) in [6, 6.07) is 3.12. The van der Waals surface area contributed by atoms with Crippen LogP contribution in [0.25, 0.3) is 0 Å². The molecule has 1 amide bonds. The van der Waals surface area contributed by atoms with E-state index in [2.05, 4.69) is 4.90 Å². The van der Waals surface area contributed by atoms with E-state index in [1.807, 2.05) is 6.92 Å². The van der Waals surface area contributed by atoms with E-state index in [4.69, 9.17) is 0 Å². The van der Waals surface area contributed by atoms with Gasteiger partial charge in [-0.25, -0.2) is 4.39 Å². The van der Waals surface area contributed by atoms with E-state index >= 15 is 0 Å². The first kappa shape index (κ1) is 14.4. The van der Waals surface area contributed by atoms with Crippen LogP contribution >= 0.6 is 0 Å². The first-order chi connectivity index (χ1) is 9.52. The fourth-order valence-electron chi connectivity index (χ4n) is 2.23. The molecule has 1 aliphatic heterocycles. The second-order valence-corrected chi connectivity index (χ2v) is 4.65. The van der Waals surface area contributed by atoms with Gasteiger partial charge in [0.25, 0.3) is 11.6 Å². The Balaban J connectivity index is 2.12. The average Bonchev–Trinajstić information content (AvgIpc) is 2.46. The van der Waals surface area contributed by atoms with Crippen molar-refractivity contribution in [3.63, 3.8) is 0 Å². The highest BCUT2D eigenvalue weighted by molar-refractivity contribution is 5.94. The lowest BCUT2D eigenvalue weighted by Crippen LogP contribution is -2.48. The minimum Gasteiger partial charge on any atom is -0.336 e. The van der Waals surface area contributed by atoms with Gasteiger partial charge in [0.1, 0.15) is 5.82 Å². The number of likely N-dealkylation sites (N-methyl/N-ethyl adjacent to an activating group) is 1. The zero-order chi connectivity index (χ0) is 14.7. The molecule has 1 saturated heterocycles. The summed E-state index contributed by atoms with van der Waals surface area (Å²) >= 11 is 0. The van der Waals surface area contributed by atoms with Gasteiger partial charge in [0, 0.05) is 32.2 Å². The van der Waals surface area contributed by atoms with E-state index in [0.717, 1.165) is 31.8 Å². The number of nitro groups is 1. The zero-order valence-corrected chi connectivity index (χ0v) is 11.2. The molecule has 0 saturated carbocycles. The van der Waals surface area contributed by atoms with E-state index in [0.29, 0.717) is 13.1 Å². The maximum Gasteiger partial charge on any atom is 0.272 e. The number of rotatable bonds is 3. The number of hydrogen-bond donors (Lipinski definition) is 0. The quantitative estimate of drug-likeness (QED) is 0.622. The first-order valence-corrected chi connectivity index (χ1v) is 6.48. The monoisotopic (exact) mass is 281 g/mol.